The lowest BCUT2D eigenvalue weighted by Gasteiger charge is -2.55. The molecule has 42 heavy (non-hydrogen) atoms. The predicted molar refractivity (Wildman–Crippen MR) is 159 cm³/mol. The monoisotopic (exact) mass is 577 g/mol. The van der Waals surface area contributed by atoms with Crippen LogP contribution in [0.1, 0.15) is 96.2 Å². The van der Waals surface area contributed by atoms with Crippen LogP contribution in [0.3, 0.4) is 0 Å². The van der Waals surface area contributed by atoms with Gasteiger partial charge in [-0.3, -0.25) is 14.5 Å². The van der Waals surface area contributed by atoms with Gasteiger partial charge in [-0.15, -0.1) is 0 Å². The third kappa shape index (κ3) is 5.45. The lowest BCUT2D eigenvalue weighted by Crippen LogP contribution is -2.58. The van der Waals surface area contributed by atoms with Crippen LogP contribution in [0.5, 0.6) is 0 Å². The van der Waals surface area contributed by atoms with Gasteiger partial charge in [0, 0.05) is 30.1 Å². The van der Waals surface area contributed by atoms with E-state index in [4.69, 9.17) is 10.6 Å². The molecule has 4 bridgehead atoms. The molecule has 1 aromatic carbocycles. The molecule has 2 aromatic rings. The Morgan fingerprint density at radius 2 is 1.60 bits per heavy atom. The molecule has 4 aliphatic rings. The van der Waals surface area contributed by atoms with E-state index in [-0.39, 0.29) is 17.7 Å². The number of benzene rings is 1. The van der Waals surface area contributed by atoms with Gasteiger partial charge >= 0.3 is 5.97 Å². The van der Waals surface area contributed by atoms with Crippen LogP contribution in [0.2, 0.25) is 0 Å². The van der Waals surface area contributed by atoms with Crippen molar-refractivity contribution < 1.29 is 19.5 Å². The first-order valence-electron chi connectivity index (χ1n) is 15.8. The SMILES string of the molecule is CC(C)C(ON=C(C(=O)O)c1nc2ccccc2n(C2CC3CCCC(C2)N3C2CC3CCCC(C3)C2)c1=O)C(N)=O. The molecule has 10 heteroatoms. The van der Waals surface area contributed by atoms with Gasteiger partial charge in [-0.05, 0) is 68.9 Å². The number of primary amides is 1. The van der Waals surface area contributed by atoms with Gasteiger partial charge < -0.3 is 20.2 Å². The number of rotatable bonds is 8. The highest BCUT2D eigenvalue weighted by Gasteiger charge is 2.45. The summed E-state index contributed by atoms with van der Waals surface area (Å²) in [6.07, 6.45) is 12.2. The number of nitrogens with zero attached hydrogens (tertiary/aromatic N) is 4. The number of fused-ring (bicyclic) bond motifs is 5. The van der Waals surface area contributed by atoms with Crippen LogP contribution in [-0.2, 0) is 14.4 Å². The fourth-order valence-electron chi connectivity index (χ4n) is 8.60. The Hall–Kier alpha value is -3.27. The third-order valence-corrected chi connectivity index (χ3v) is 10.3. The maximum Gasteiger partial charge on any atom is 0.360 e. The Morgan fingerprint density at radius 1 is 0.952 bits per heavy atom. The lowest BCUT2D eigenvalue weighted by molar-refractivity contribution is -0.134. The largest absolute Gasteiger partial charge is 0.476 e. The maximum atomic E-state index is 14.2. The number of aliphatic carboxylic acids is 1. The molecule has 3 heterocycles. The topological polar surface area (TPSA) is 140 Å². The Morgan fingerprint density at radius 3 is 2.21 bits per heavy atom. The molecule has 2 aliphatic carbocycles. The summed E-state index contributed by atoms with van der Waals surface area (Å²) in [7, 11) is 0. The van der Waals surface area contributed by atoms with Gasteiger partial charge in [-0.25, -0.2) is 9.78 Å². The van der Waals surface area contributed by atoms with E-state index in [0.29, 0.717) is 29.2 Å². The minimum Gasteiger partial charge on any atom is -0.476 e. The number of hydrogen-bond donors (Lipinski definition) is 2. The standard InChI is InChI=1S/C32H43N5O5/c1-18(2)29(30(33)38)42-35-28(32(40)41)27-31(39)37(26-12-4-3-11-25(26)34-27)24-16-21-9-6-10-22(17-24)36(21)23-14-19-7-5-8-20(13-19)15-23/h3-4,11-12,18-24,29H,5-10,13-17H2,1-2H3,(H2,33,38)(H,40,41). The zero-order chi connectivity index (χ0) is 29.5. The van der Waals surface area contributed by atoms with Crippen molar-refractivity contribution >= 4 is 28.6 Å². The number of carbonyl (C=O) groups excluding carboxylic acids is 1. The van der Waals surface area contributed by atoms with Crippen molar-refractivity contribution in [1.29, 1.82) is 0 Å². The summed E-state index contributed by atoms with van der Waals surface area (Å²) < 4.78 is 1.77. The third-order valence-electron chi connectivity index (χ3n) is 10.3. The van der Waals surface area contributed by atoms with Crippen LogP contribution < -0.4 is 11.3 Å². The first-order chi connectivity index (χ1) is 20.2. The zero-order valence-electron chi connectivity index (χ0n) is 24.7. The van der Waals surface area contributed by atoms with Crippen molar-refractivity contribution in [1.82, 2.24) is 14.5 Å². The second-order valence-corrected chi connectivity index (χ2v) is 13.4. The molecule has 1 amide bonds. The molecule has 5 unspecified atom stereocenters. The summed E-state index contributed by atoms with van der Waals surface area (Å²) in [5, 5.41) is 13.9. The predicted octanol–water partition coefficient (Wildman–Crippen LogP) is 4.24. The minimum atomic E-state index is -1.46. The fourth-order valence-corrected chi connectivity index (χ4v) is 8.60. The Labute approximate surface area is 246 Å². The van der Waals surface area contributed by atoms with Crippen LogP contribution in [0, 0.1) is 17.8 Å². The van der Waals surface area contributed by atoms with E-state index in [0.717, 1.165) is 37.5 Å². The molecule has 226 valence electrons. The summed E-state index contributed by atoms with van der Waals surface area (Å²) in [5.74, 6) is -0.840. The smallest absolute Gasteiger partial charge is 0.360 e. The van der Waals surface area contributed by atoms with Crippen LogP contribution in [0.25, 0.3) is 11.0 Å². The number of nitrogens with two attached hydrogens (primary N) is 1. The number of piperidine rings is 2. The van der Waals surface area contributed by atoms with Gasteiger partial charge in [0.1, 0.15) is 0 Å². The van der Waals surface area contributed by atoms with Crippen molar-refractivity contribution in [2.75, 3.05) is 0 Å². The Kier molecular flexibility index (Phi) is 8.09. The lowest BCUT2D eigenvalue weighted by atomic mass is 9.68. The molecule has 0 spiro atoms. The van der Waals surface area contributed by atoms with E-state index in [1.807, 2.05) is 18.2 Å². The molecule has 2 saturated heterocycles. The van der Waals surface area contributed by atoms with Crippen molar-refractivity contribution in [3.05, 3.63) is 40.3 Å². The van der Waals surface area contributed by atoms with Gasteiger partial charge in [0.25, 0.3) is 11.5 Å². The van der Waals surface area contributed by atoms with E-state index in [1.54, 1.807) is 24.5 Å². The van der Waals surface area contributed by atoms with E-state index in [2.05, 4.69) is 15.0 Å². The number of carbonyl (C=O) groups is 2. The average molecular weight is 578 g/mol. The van der Waals surface area contributed by atoms with Gasteiger partial charge in [-0.1, -0.05) is 56.8 Å². The number of carboxylic acid groups (broad SMARTS) is 1. The molecule has 10 nitrogen and oxygen atoms in total. The summed E-state index contributed by atoms with van der Waals surface area (Å²) in [4.78, 5) is 51.0. The molecule has 2 aliphatic heterocycles. The van der Waals surface area contributed by atoms with E-state index in [1.165, 1.54) is 44.9 Å². The van der Waals surface area contributed by atoms with E-state index >= 15 is 0 Å². The van der Waals surface area contributed by atoms with Crippen molar-refractivity contribution in [2.24, 2.45) is 28.6 Å². The number of oxime groups is 1. The second kappa shape index (κ2) is 11.8. The number of carboxylic acids is 1. The molecule has 6 rings (SSSR count). The molecular formula is C32H43N5O5. The molecule has 4 fully saturated rings. The molecule has 5 atom stereocenters. The van der Waals surface area contributed by atoms with Crippen molar-refractivity contribution in [3.63, 3.8) is 0 Å². The maximum absolute atomic E-state index is 14.2. The summed E-state index contributed by atoms with van der Waals surface area (Å²) >= 11 is 0. The van der Waals surface area contributed by atoms with Gasteiger partial charge in [-0.2, -0.15) is 0 Å². The Balaban J connectivity index is 1.36. The molecule has 2 saturated carbocycles. The number of hydrogen-bond acceptors (Lipinski definition) is 7. The fraction of sp³-hybridized carbons (Fsp3) is 0.656. The highest BCUT2D eigenvalue weighted by atomic mass is 16.6. The second-order valence-electron chi connectivity index (χ2n) is 13.4. The number of amides is 1. The zero-order valence-corrected chi connectivity index (χ0v) is 24.7. The number of para-hydroxylation sites is 2. The first kappa shape index (κ1) is 28.8. The summed E-state index contributed by atoms with van der Waals surface area (Å²) in [5.41, 5.74) is 5.23. The normalized spacial score (nSPS) is 30.7. The molecule has 3 N–H and O–H groups in total. The van der Waals surface area contributed by atoms with Crippen LogP contribution in [0.15, 0.2) is 34.2 Å². The van der Waals surface area contributed by atoms with E-state index < -0.39 is 29.3 Å². The van der Waals surface area contributed by atoms with Crippen molar-refractivity contribution in [3.8, 4) is 0 Å². The minimum absolute atomic E-state index is 0.0798. The average Bonchev–Trinajstić information content (AvgIpc) is 2.94. The summed E-state index contributed by atoms with van der Waals surface area (Å²) in [6.45, 7) is 3.44. The first-order valence-corrected chi connectivity index (χ1v) is 15.8. The van der Waals surface area contributed by atoms with Crippen molar-refractivity contribution in [2.45, 2.75) is 115 Å². The van der Waals surface area contributed by atoms with Crippen LogP contribution in [-0.4, -0.2) is 61.4 Å². The van der Waals surface area contributed by atoms with Gasteiger partial charge in [0.05, 0.1) is 11.0 Å². The molecule has 0 radical (unpaired) electrons. The Bertz CT molecular complexity index is 1410. The summed E-state index contributed by atoms with van der Waals surface area (Å²) in [6, 6.07) is 8.74. The van der Waals surface area contributed by atoms with E-state index in [9.17, 15) is 19.5 Å². The van der Waals surface area contributed by atoms with Crippen LogP contribution in [0.4, 0.5) is 0 Å². The highest BCUT2D eigenvalue weighted by Crippen LogP contribution is 2.47. The van der Waals surface area contributed by atoms with Gasteiger partial charge in [0.15, 0.2) is 5.69 Å². The quantitative estimate of drug-likeness (QED) is 0.353. The molecular weight excluding hydrogens is 534 g/mol. The van der Waals surface area contributed by atoms with Gasteiger partial charge in [0.2, 0.25) is 11.8 Å². The van der Waals surface area contributed by atoms with Crippen LogP contribution >= 0.6 is 0 Å². The molecule has 1 aromatic heterocycles. The number of aromatic nitrogens is 2. The highest BCUT2D eigenvalue weighted by molar-refractivity contribution is 6.41.